The second-order valence-corrected chi connectivity index (χ2v) is 3.11. The van der Waals surface area contributed by atoms with Crippen molar-refractivity contribution in [2.45, 2.75) is 6.54 Å². The summed E-state index contributed by atoms with van der Waals surface area (Å²) in [6.45, 7) is 0.313. The van der Waals surface area contributed by atoms with Crippen molar-refractivity contribution in [2.24, 2.45) is 12.8 Å². The van der Waals surface area contributed by atoms with Crippen LogP contribution in [0.1, 0.15) is 5.56 Å². The van der Waals surface area contributed by atoms with Gasteiger partial charge in [-0.1, -0.05) is 6.07 Å². The number of hydrogen-bond acceptors (Lipinski definition) is 4. The zero-order valence-electron chi connectivity index (χ0n) is 8.18. The van der Waals surface area contributed by atoms with E-state index in [0.717, 1.165) is 5.56 Å². The van der Waals surface area contributed by atoms with Gasteiger partial charge in [0, 0.05) is 12.1 Å². The average Bonchev–Trinajstić information content (AvgIpc) is 2.65. The molecule has 1 heterocycles. The van der Waals surface area contributed by atoms with Gasteiger partial charge in [0.15, 0.2) is 0 Å². The molecule has 0 spiro atoms. The Hall–Kier alpha value is -1.82. The molecule has 0 bridgehead atoms. The van der Waals surface area contributed by atoms with Crippen LogP contribution in [-0.2, 0) is 13.6 Å². The molecule has 6 heteroatoms. The van der Waals surface area contributed by atoms with Crippen LogP contribution >= 0.6 is 0 Å². The van der Waals surface area contributed by atoms with Crippen LogP contribution in [0.2, 0.25) is 0 Å². The van der Waals surface area contributed by atoms with Crippen LogP contribution in [-0.4, -0.2) is 20.2 Å². The number of nitrogens with two attached hydrogens (primary N) is 1. The van der Waals surface area contributed by atoms with Crippen molar-refractivity contribution < 1.29 is 4.39 Å². The Morgan fingerprint density at radius 3 is 2.87 bits per heavy atom. The van der Waals surface area contributed by atoms with E-state index in [4.69, 9.17) is 5.73 Å². The fraction of sp³-hybridized carbons (Fsp3) is 0.222. The maximum Gasteiger partial charge on any atom is 0.205 e. The van der Waals surface area contributed by atoms with Gasteiger partial charge in [-0.3, -0.25) is 0 Å². The van der Waals surface area contributed by atoms with Crippen LogP contribution in [0.15, 0.2) is 18.2 Å². The summed E-state index contributed by atoms with van der Waals surface area (Å²) in [4.78, 5) is 1.32. The quantitative estimate of drug-likeness (QED) is 0.777. The second kappa shape index (κ2) is 3.74. The standard InChI is InChI=1S/C9H10FN5/c1-15-13-9(12-14-15)8-4-7(10)3-2-6(8)5-11/h2-4H,5,11H2,1H3. The van der Waals surface area contributed by atoms with E-state index in [1.807, 2.05) is 0 Å². The topological polar surface area (TPSA) is 69.6 Å². The smallest absolute Gasteiger partial charge is 0.205 e. The number of rotatable bonds is 2. The van der Waals surface area contributed by atoms with Gasteiger partial charge in [0.05, 0.1) is 7.05 Å². The highest BCUT2D eigenvalue weighted by atomic mass is 19.1. The maximum atomic E-state index is 13.1. The first-order valence-electron chi connectivity index (χ1n) is 4.43. The lowest BCUT2D eigenvalue weighted by atomic mass is 10.1. The van der Waals surface area contributed by atoms with Gasteiger partial charge in [0.2, 0.25) is 5.82 Å². The molecule has 1 aromatic carbocycles. The van der Waals surface area contributed by atoms with Gasteiger partial charge in [-0.05, 0) is 22.9 Å². The summed E-state index contributed by atoms with van der Waals surface area (Å²) in [5, 5.41) is 11.5. The molecule has 0 aliphatic heterocycles. The van der Waals surface area contributed by atoms with Crippen molar-refractivity contribution in [1.29, 1.82) is 0 Å². The molecule has 0 atom stereocenters. The lowest BCUT2D eigenvalue weighted by molar-refractivity contribution is 0.626. The zero-order valence-corrected chi connectivity index (χ0v) is 8.18. The third kappa shape index (κ3) is 1.84. The van der Waals surface area contributed by atoms with E-state index in [-0.39, 0.29) is 5.82 Å². The minimum Gasteiger partial charge on any atom is -0.326 e. The van der Waals surface area contributed by atoms with Gasteiger partial charge in [0.1, 0.15) is 5.82 Å². The number of halogens is 1. The SMILES string of the molecule is Cn1nnc(-c2cc(F)ccc2CN)n1. The third-order valence-electron chi connectivity index (χ3n) is 2.04. The van der Waals surface area contributed by atoms with Gasteiger partial charge in [0.25, 0.3) is 0 Å². The first-order chi connectivity index (χ1) is 7.20. The van der Waals surface area contributed by atoms with Gasteiger partial charge in [-0.15, -0.1) is 10.2 Å². The van der Waals surface area contributed by atoms with Crippen molar-refractivity contribution in [3.63, 3.8) is 0 Å². The molecular weight excluding hydrogens is 197 g/mol. The van der Waals surface area contributed by atoms with Crippen LogP contribution in [0, 0.1) is 5.82 Å². The van der Waals surface area contributed by atoms with Gasteiger partial charge in [-0.25, -0.2) is 4.39 Å². The molecule has 0 saturated carbocycles. The van der Waals surface area contributed by atoms with Gasteiger partial charge < -0.3 is 5.73 Å². The lowest BCUT2D eigenvalue weighted by Crippen LogP contribution is -2.00. The number of hydrogen-bond donors (Lipinski definition) is 1. The molecular formula is C9H10FN5. The third-order valence-corrected chi connectivity index (χ3v) is 2.04. The summed E-state index contributed by atoms with van der Waals surface area (Å²) in [6, 6.07) is 4.35. The summed E-state index contributed by atoms with van der Waals surface area (Å²) >= 11 is 0. The Morgan fingerprint density at radius 1 is 1.47 bits per heavy atom. The molecule has 0 aliphatic rings. The molecule has 0 saturated heterocycles. The molecule has 2 rings (SSSR count). The number of benzene rings is 1. The summed E-state index contributed by atoms with van der Waals surface area (Å²) in [7, 11) is 1.65. The Balaban J connectivity index is 2.55. The summed E-state index contributed by atoms with van der Waals surface area (Å²) in [6.07, 6.45) is 0. The molecule has 0 radical (unpaired) electrons. The predicted octanol–water partition coefficient (Wildman–Crippen LogP) is 0.475. The molecule has 1 aromatic heterocycles. The summed E-state index contributed by atoms with van der Waals surface area (Å²) in [5.74, 6) is 0.0482. The van der Waals surface area contributed by atoms with Crippen molar-refractivity contribution in [3.05, 3.63) is 29.6 Å². The Labute approximate surface area is 85.7 Å². The van der Waals surface area contributed by atoms with E-state index in [1.165, 1.54) is 16.9 Å². The zero-order chi connectivity index (χ0) is 10.8. The van der Waals surface area contributed by atoms with Gasteiger partial charge in [-0.2, -0.15) is 4.80 Å². The highest BCUT2D eigenvalue weighted by Crippen LogP contribution is 2.20. The van der Waals surface area contributed by atoms with Crippen molar-refractivity contribution in [3.8, 4) is 11.4 Å². The highest BCUT2D eigenvalue weighted by Gasteiger charge is 2.10. The van der Waals surface area contributed by atoms with Crippen LogP contribution in [0.5, 0.6) is 0 Å². The number of nitrogens with zero attached hydrogens (tertiary/aromatic N) is 4. The molecule has 0 unspecified atom stereocenters. The number of tetrazole rings is 1. The largest absolute Gasteiger partial charge is 0.326 e. The van der Waals surface area contributed by atoms with Crippen LogP contribution < -0.4 is 5.73 Å². The minimum atomic E-state index is -0.338. The van der Waals surface area contributed by atoms with Crippen molar-refractivity contribution in [1.82, 2.24) is 20.2 Å². The monoisotopic (exact) mass is 207 g/mol. The fourth-order valence-electron chi connectivity index (χ4n) is 1.33. The van der Waals surface area contributed by atoms with Crippen molar-refractivity contribution >= 4 is 0 Å². The first kappa shape index (κ1) is 9.72. The van der Waals surface area contributed by atoms with Crippen LogP contribution in [0.25, 0.3) is 11.4 Å². The predicted molar refractivity (Wildman–Crippen MR) is 52.1 cm³/mol. The number of aromatic nitrogens is 4. The first-order valence-corrected chi connectivity index (χ1v) is 4.43. The van der Waals surface area contributed by atoms with E-state index in [2.05, 4.69) is 15.4 Å². The molecule has 0 aliphatic carbocycles. The highest BCUT2D eigenvalue weighted by molar-refractivity contribution is 5.59. The molecule has 15 heavy (non-hydrogen) atoms. The van der Waals surface area contributed by atoms with E-state index < -0.39 is 0 Å². The van der Waals surface area contributed by atoms with E-state index in [1.54, 1.807) is 13.1 Å². The maximum absolute atomic E-state index is 13.1. The minimum absolute atomic E-state index is 0.313. The number of aryl methyl sites for hydroxylation is 1. The normalized spacial score (nSPS) is 10.6. The van der Waals surface area contributed by atoms with E-state index in [0.29, 0.717) is 17.9 Å². The Bertz CT molecular complexity index is 479. The molecule has 0 amide bonds. The molecule has 2 N–H and O–H groups in total. The summed E-state index contributed by atoms with van der Waals surface area (Å²) < 4.78 is 13.1. The van der Waals surface area contributed by atoms with E-state index >= 15 is 0 Å². The average molecular weight is 207 g/mol. The summed E-state index contributed by atoms with van der Waals surface area (Å²) in [5.41, 5.74) is 6.92. The van der Waals surface area contributed by atoms with Gasteiger partial charge >= 0.3 is 0 Å². The lowest BCUT2D eigenvalue weighted by Gasteiger charge is -2.02. The Morgan fingerprint density at radius 2 is 2.27 bits per heavy atom. The van der Waals surface area contributed by atoms with E-state index in [9.17, 15) is 4.39 Å². The van der Waals surface area contributed by atoms with Crippen LogP contribution in [0.3, 0.4) is 0 Å². The molecule has 0 fully saturated rings. The van der Waals surface area contributed by atoms with Crippen molar-refractivity contribution in [2.75, 3.05) is 0 Å². The molecule has 5 nitrogen and oxygen atoms in total. The second-order valence-electron chi connectivity index (χ2n) is 3.11. The van der Waals surface area contributed by atoms with Crippen LogP contribution in [0.4, 0.5) is 4.39 Å². The molecule has 78 valence electrons. The molecule has 2 aromatic rings. The Kier molecular flexibility index (Phi) is 2.42. The fourth-order valence-corrected chi connectivity index (χ4v) is 1.33.